The molecule has 2 aromatic rings. The minimum absolute atomic E-state index is 0.651. The normalized spacial score (nSPS) is 10.1. The van der Waals surface area contributed by atoms with Crippen molar-refractivity contribution < 1.29 is 4.74 Å². The molecule has 0 amide bonds. The van der Waals surface area contributed by atoms with Gasteiger partial charge in [0.25, 0.3) is 0 Å². The van der Waals surface area contributed by atoms with Gasteiger partial charge in [-0.05, 0) is 36.2 Å². The molecular formula is C17H18N2O. The van der Waals surface area contributed by atoms with Crippen LogP contribution < -0.4 is 10.1 Å². The average Bonchev–Trinajstić information content (AvgIpc) is 2.49. The van der Waals surface area contributed by atoms with Gasteiger partial charge in [0.05, 0.1) is 18.7 Å². The summed E-state index contributed by atoms with van der Waals surface area (Å²) in [5, 5.41) is 12.3. The smallest absolute Gasteiger partial charge is 0.123 e. The van der Waals surface area contributed by atoms with Gasteiger partial charge in [-0.3, -0.25) is 0 Å². The molecule has 2 rings (SSSR count). The van der Waals surface area contributed by atoms with E-state index in [-0.39, 0.29) is 0 Å². The van der Waals surface area contributed by atoms with E-state index in [9.17, 15) is 0 Å². The van der Waals surface area contributed by atoms with E-state index in [0.29, 0.717) is 12.1 Å². The second-order valence-corrected chi connectivity index (χ2v) is 4.67. The van der Waals surface area contributed by atoms with Gasteiger partial charge in [-0.1, -0.05) is 24.3 Å². The number of nitrogens with zero attached hydrogens (tertiary/aromatic N) is 1. The van der Waals surface area contributed by atoms with Gasteiger partial charge in [0.15, 0.2) is 0 Å². The van der Waals surface area contributed by atoms with Crippen LogP contribution in [-0.2, 0) is 13.1 Å². The van der Waals surface area contributed by atoms with Crippen LogP contribution >= 0.6 is 0 Å². The molecule has 102 valence electrons. The summed E-state index contributed by atoms with van der Waals surface area (Å²) in [5.41, 5.74) is 4.21. The summed E-state index contributed by atoms with van der Waals surface area (Å²) in [6.45, 7) is 3.58. The van der Waals surface area contributed by atoms with E-state index in [1.54, 1.807) is 13.2 Å². The highest BCUT2D eigenvalue weighted by Gasteiger charge is 2.04. The van der Waals surface area contributed by atoms with E-state index in [1.165, 1.54) is 11.1 Å². The van der Waals surface area contributed by atoms with E-state index >= 15 is 0 Å². The van der Waals surface area contributed by atoms with Crippen molar-refractivity contribution in [3.05, 3.63) is 64.7 Å². The van der Waals surface area contributed by atoms with Crippen LogP contribution in [0.5, 0.6) is 5.75 Å². The Morgan fingerprint density at radius 3 is 2.55 bits per heavy atom. The molecule has 0 saturated carbocycles. The van der Waals surface area contributed by atoms with Crippen molar-refractivity contribution >= 4 is 0 Å². The first-order valence-corrected chi connectivity index (χ1v) is 6.57. The topological polar surface area (TPSA) is 45.0 Å². The first-order valence-electron chi connectivity index (χ1n) is 6.57. The Kier molecular flexibility index (Phi) is 4.75. The fourth-order valence-electron chi connectivity index (χ4n) is 2.13. The van der Waals surface area contributed by atoms with Crippen LogP contribution in [0.25, 0.3) is 0 Å². The van der Waals surface area contributed by atoms with Crippen molar-refractivity contribution in [2.75, 3.05) is 7.11 Å². The molecule has 0 aliphatic carbocycles. The molecule has 0 saturated heterocycles. The van der Waals surface area contributed by atoms with Crippen LogP contribution in [0.1, 0.15) is 22.3 Å². The van der Waals surface area contributed by atoms with Crippen molar-refractivity contribution in [1.82, 2.24) is 5.32 Å². The second-order valence-electron chi connectivity index (χ2n) is 4.67. The molecule has 0 atom stereocenters. The molecule has 0 bridgehead atoms. The van der Waals surface area contributed by atoms with Crippen LogP contribution in [0.2, 0.25) is 0 Å². The molecule has 3 nitrogen and oxygen atoms in total. The van der Waals surface area contributed by atoms with Crippen LogP contribution in [0.4, 0.5) is 0 Å². The average molecular weight is 266 g/mol. The van der Waals surface area contributed by atoms with Gasteiger partial charge in [0.2, 0.25) is 0 Å². The summed E-state index contributed by atoms with van der Waals surface area (Å²) < 4.78 is 5.32. The molecule has 20 heavy (non-hydrogen) atoms. The van der Waals surface area contributed by atoms with Crippen molar-refractivity contribution in [1.29, 1.82) is 5.26 Å². The van der Waals surface area contributed by atoms with E-state index in [1.807, 2.05) is 24.3 Å². The zero-order valence-corrected chi connectivity index (χ0v) is 11.8. The molecule has 0 radical (unpaired) electrons. The lowest BCUT2D eigenvalue weighted by molar-refractivity contribution is 0.407. The van der Waals surface area contributed by atoms with Crippen LogP contribution in [-0.4, -0.2) is 7.11 Å². The van der Waals surface area contributed by atoms with E-state index in [4.69, 9.17) is 10.00 Å². The summed E-state index contributed by atoms with van der Waals surface area (Å²) in [7, 11) is 1.65. The third-order valence-electron chi connectivity index (χ3n) is 3.30. The maximum Gasteiger partial charge on any atom is 0.123 e. The van der Waals surface area contributed by atoms with Crippen molar-refractivity contribution in [3.8, 4) is 11.8 Å². The van der Waals surface area contributed by atoms with E-state index in [0.717, 1.165) is 17.9 Å². The molecule has 0 aromatic heterocycles. The molecule has 0 spiro atoms. The summed E-state index contributed by atoms with van der Waals surface area (Å²) >= 11 is 0. The summed E-state index contributed by atoms with van der Waals surface area (Å²) in [5.74, 6) is 0.807. The minimum atomic E-state index is 0.651. The number of nitriles is 1. The number of hydrogen-bond acceptors (Lipinski definition) is 3. The Hall–Kier alpha value is -2.31. The summed E-state index contributed by atoms with van der Waals surface area (Å²) in [6, 6.07) is 15.9. The molecular weight excluding hydrogens is 248 g/mol. The van der Waals surface area contributed by atoms with Crippen LogP contribution in [0, 0.1) is 18.3 Å². The number of hydrogen-bond donors (Lipinski definition) is 1. The predicted octanol–water partition coefficient (Wildman–Crippen LogP) is 3.17. The Labute approximate surface area is 119 Å². The minimum Gasteiger partial charge on any atom is -0.496 e. The zero-order valence-electron chi connectivity index (χ0n) is 11.8. The van der Waals surface area contributed by atoms with Crippen molar-refractivity contribution in [2.24, 2.45) is 0 Å². The van der Waals surface area contributed by atoms with E-state index < -0.39 is 0 Å². The zero-order chi connectivity index (χ0) is 14.4. The lowest BCUT2D eigenvalue weighted by atomic mass is 10.1. The Bertz CT molecular complexity index is 629. The maximum absolute atomic E-state index is 8.95. The molecule has 2 aromatic carbocycles. The number of aryl methyl sites for hydroxylation is 1. The molecule has 0 heterocycles. The van der Waals surface area contributed by atoms with Crippen LogP contribution in [0.3, 0.4) is 0 Å². The van der Waals surface area contributed by atoms with Gasteiger partial charge in [-0.2, -0.15) is 5.26 Å². The summed E-state index contributed by atoms with van der Waals surface area (Å²) in [6.07, 6.45) is 0. The van der Waals surface area contributed by atoms with Crippen molar-refractivity contribution in [3.63, 3.8) is 0 Å². The van der Waals surface area contributed by atoms with Gasteiger partial charge >= 0.3 is 0 Å². The third-order valence-corrected chi connectivity index (χ3v) is 3.30. The van der Waals surface area contributed by atoms with Gasteiger partial charge in [-0.15, -0.1) is 0 Å². The first kappa shape index (κ1) is 14.1. The Morgan fingerprint density at radius 1 is 1.10 bits per heavy atom. The quantitative estimate of drug-likeness (QED) is 0.904. The second kappa shape index (κ2) is 6.74. The number of benzene rings is 2. The molecule has 0 fully saturated rings. The first-order chi connectivity index (χ1) is 9.74. The molecule has 1 N–H and O–H groups in total. The van der Waals surface area contributed by atoms with Gasteiger partial charge < -0.3 is 10.1 Å². The lowest BCUT2D eigenvalue weighted by Gasteiger charge is -2.11. The van der Waals surface area contributed by atoms with Gasteiger partial charge in [-0.25, -0.2) is 0 Å². The number of rotatable bonds is 5. The number of nitrogens with one attached hydrogen (secondary N) is 1. The monoisotopic (exact) mass is 266 g/mol. The third kappa shape index (κ3) is 3.37. The van der Waals surface area contributed by atoms with Crippen molar-refractivity contribution in [2.45, 2.75) is 20.0 Å². The number of ether oxygens (including phenoxy) is 1. The van der Waals surface area contributed by atoms with E-state index in [2.05, 4.69) is 30.4 Å². The summed E-state index contributed by atoms with van der Waals surface area (Å²) in [4.78, 5) is 0. The van der Waals surface area contributed by atoms with Crippen LogP contribution in [0.15, 0.2) is 42.5 Å². The highest BCUT2D eigenvalue weighted by atomic mass is 16.5. The standard InChI is InChI=1S/C17H18N2O/c1-13-5-3-4-6-15(13)11-19-12-16-9-14(10-18)7-8-17(16)20-2/h3-9,19H,11-12H2,1-2H3. The molecule has 0 unspecified atom stereocenters. The maximum atomic E-state index is 8.95. The molecule has 0 aliphatic rings. The van der Waals surface area contributed by atoms with Gasteiger partial charge in [0.1, 0.15) is 5.75 Å². The highest BCUT2D eigenvalue weighted by molar-refractivity contribution is 5.42. The van der Waals surface area contributed by atoms with Gasteiger partial charge in [0, 0.05) is 18.7 Å². The predicted molar refractivity (Wildman–Crippen MR) is 79.4 cm³/mol. The largest absolute Gasteiger partial charge is 0.496 e. The lowest BCUT2D eigenvalue weighted by Crippen LogP contribution is -2.14. The Balaban J connectivity index is 2.04. The molecule has 3 heteroatoms. The SMILES string of the molecule is COc1ccc(C#N)cc1CNCc1ccccc1C. The Morgan fingerprint density at radius 2 is 1.85 bits per heavy atom. The number of methoxy groups -OCH3 is 1. The fourth-order valence-corrected chi connectivity index (χ4v) is 2.13. The molecule has 0 aliphatic heterocycles. The highest BCUT2D eigenvalue weighted by Crippen LogP contribution is 2.19. The fraction of sp³-hybridized carbons (Fsp3) is 0.235.